The zero-order valence-corrected chi connectivity index (χ0v) is 34.7. The lowest BCUT2D eigenvalue weighted by Gasteiger charge is -2.22. The summed E-state index contributed by atoms with van der Waals surface area (Å²) in [7, 11) is 0. The van der Waals surface area contributed by atoms with Crippen molar-refractivity contribution in [3.05, 3.63) is 118 Å². The topological polar surface area (TPSA) is 12.0 Å². The molecule has 2 heteroatoms. The molecule has 2 atom stereocenters. The number of halogens is 1. The maximum absolute atomic E-state index is 13.2. The van der Waals surface area contributed by atoms with Crippen LogP contribution in [0, 0.1) is 37.5 Å². The van der Waals surface area contributed by atoms with Crippen LogP contribution >= 0.6 is 0 Å². The third kappa shape index (κ3) is 30.1. The third-order valence-electron chi connectivity index (χ3n) is 6.51. The van der Waals surface area contributed by atoms with Crippen LogP contribution in [0.2, 0.25) is 0 Å². The summed E-state index contributed by atoms with van der Waals surface area (Å²) in [6, 6.07) is 17.8. The van der Waals surface area contributed by atoms with E-state index in [-0.39, 0.29) is 5.83 Å². The van der Waals surface area contributed by atoms with Crippen LogP contribution in [0.1, 0.15) is 145 Å². The maximum atomic E-state index is 13.2. The molecule has 272 valence electrons. The summed E-state index contributed by atoms with van der Waals surface area (Å²) in [6.45, 7) is 45.0. The van der Waals surface area contributed by atoms with Crippen molar-refractivity contribution in [2.45, 2.75) is 149 Å². The van der Waals surface area contributed by atoms with E-state index < -0.39 is 0 Å². The van der Waals surface area contributed by atoms with Gasteiger partial charge < -0.3 is 5.32 Å². The van der Waals surface area contributed by atoms with E-state index >= 15 is 0 Å². The Balaban J connectivity index is -0.000000271. The van der Waals surface area contributed by atoms with Crippen LogP contribution < -0.4 is 5.32 Å². The molecular weight excluding hydrogens is 586 g/mol. The molecule has 0 heterocycles. The molecule has 0 fully saturated rings. The fourth-order valence-electron chi connectivity index (χ4n) is 3.89. The van der Waals surface area contributed by atoms with E-state index in [1.165, 1.54) is 28.3 Å². The number of hydrogen-bond acceptors (Lipinski definition) is 1. The zero-order chi connectivity index (χ0) is 38.6. The average Bonchev–Trinajstić information content (AvgIpc) is 3.01. The van der Waals surface area contributed by atoms with Crippen molar-refractivity contribution in [1.29, 1.82) is 0 Å². The highest BCUT2D eigenvalue weighted by Gasteiger charge is 2.11. The molecular formula is C46H76FN. The summed E-state index contributed by atoms with van der Waals surface area (Å²) in [4.78, 5) is 0. The van der Waals surface area contributed by atoms with E-state index in [1.54, 1.807) is 0 Å². The highest BCUT2D eigenvalue weighted by Crippen LogP contribution is 2.19. The molecule has 2 rings (SSSR count). The third-order valence-corrected chi connectivity index (χ3v) is 6.51. The smallest absolute Gasteiger partial charge is 0.127 e. The second kappa shape index (κ2) is 29.8. The van der Waals surface area contributed by atoms with Gasteiger partial charge >= 0.3 is 0 Å². The van der Waals surface area contributed by atoms with Crippen molar-refractivity contribution in [2.75, 3.05) is 0 Å². The number of allylic oxidation sites excluding steroid dienone is 6. The second-order valence-corrected chi connectivity index (χ2v) is 13.9. The van der Waals surface area contributed by atoms with Crippen molar-refractivity contribution in [3.8, 4) is 12.3 Å². The van der Waals surface area contributed by atoms with Gasteiger partial charge in [-0.25, -0.2) is 4.39 Å². The van der Waals surface area contributed by atoms with Crippen LogP contribution in [-0.2, 0) is 6.42 Å². The molecule has 0 spiro atoms. The molecule has 0 saturated heterocycles. The first-order valence-corrected chi connectivity index (χ1v) is 18.0. The van der Waals surface area contributed by atoms with E-state index in [2.05, 4.69) is 142 Å². The van der Waals surface area contributed by atoms with Crippen LogP contribution in [0.3, 0.4) is 0 Å². The van der Waals surface area contributed by atoms with Gasteiger partial charge in [0, 0.05) is 17.3 Å². The molecule has 0 aromatic heterocycles. The van der Waals surface area contributed by atoms with Gasteiger partial charge in [-0.3, -0.25) is 0 Å². The number of terminal acetylenes is 1. The van der Waals surface area contributed by atoms with Crippen LogP contribution in [0.4, 0.5) is 4.39 Å². The highest BCUT2D eigenvalue weighted by atomic mass is 19.1. The van der Waals surface area contributed by atoms with Crippen molar-refractivity contribution < 1.29 is 4.39 Å². The van der Waals surface area contributed by atoms with Gasteiger partial charge in [-0.15, -0.1) is 6.42 Å². The van der Waals surface area contributed by atoms with Gasteiger partial charge in [-0.05, 0) is 100.0 Å². The van der Waals surface area contributed by atoms with Crippen molar-refractivity contribution in [2.24, 2.45) is 11.3 Å². The lowest BCUT2D eigenvalue weighted by molar-refractivity contribution is 0.427. The molecule has 0 aliphatic carbocycles. The van der Waals surface area contributed by atoms with E-state index in [0.717, 1.165) is 17.7 Å². The monoisotopic (exact) mass is 662 g/mol. The minimum Gasteiger partial charge on any atom is -0.386 e. The van der Waals surface area contributed by atoms with Gasteiger partial charge in [0.2, 0.25) is 0 Å². The second-order valence-electron chi connectivity index (χ2n) is 13.9. The maximum Gasteiger partial charge on any atom is 0.127 e. The first kappa shape index (κ1) is 51.5. The molecule has 0 aliphatic rings. The minimum absolute atomic E-state index is 0.323. The molecule has 0 aliphatic heterocycles. The molecule has 1 unspecified atom stereocenters. The molecule has 1 nitrogen and oxygen atoms in total. The Morgan fingerprint density at radius 1 is 0.896 bits per heavy atom. The molecule has 0 amide bonds. The summed E-state index contributed by atoms with van der Waals surface area (Å²) in [5, 5.41) is 3.37. The average molecular weight is 662 g/mol. The lowest BCUT2D eigenvalue weighted by atomic mass is 9.95. The molecule has 2 aromatic rings. The van der Waals surface area contributed by atoms with Gasteiger partial charge in [0.15, 0.2) is 0 Å². The highest BCUT2D eigenvalue weighted by molar-refractivity contribution is 5.43. The standard InChI is InChI=1S/C14H21N.C12H15F.C11H16.C5H12.2C2H6/c1-11(2)15-13(4)12(3)10-14-8-6-5-7-9-14;1-6-10(5)12(13)8-11(7-2)9(3)4;1-8(2)11-6-5-9(3)7-10(11)4;1-5(2,3)4;2*1-2/h5-9,12-13,15H,1,10H2,2-4H3;2,8H,5-6H2,1,3-4H3;5-8H,1-4H3;1-4H3;2*1-2H3/b;12-8+;;;;/t12?,13-;;;;;/m0...../s1. The zero-order valence-electron chi connectivity index (χ0n) is 34.7. The van der Waals surface area contributed by atoms with Crippen molar-refractivity contribution in [3.63, 3.8) is 0 Å². The van der Waals surface area contributed by atoms with Gasteiger partial charge in [0.1, 0.15) is 5.83 Å². The van der Waals surface area contributed by atoms with Crippen LogP contribution in [0.15, 0.2) is 96.0 Å². The van der Waals surface area contributed by atoms with Crippen LogP contribution in [0.25, 0.3) is 0 Å². The number of hydrogen-bond donors (Lipinski definition) is 1. The fraction of sp³-hybridized carbons (Fsp3) is 0.522. The number of aryl methyl sites for hydroxylation is 2. The van der Waals surface area contributed by atoms with Crippen molar-refractivity contribution >= 4 is 0 Å². The first-order chi connectivity index (χ1) is 22.2. The van der Waals surface area contributed by atoms with Gasteiger partial charge in [0.05, 0.1) is 0 Å². The van der Waals surface area contributed by atoms with Gasteiger partial charge in [-0.1, -0.05) is 162 Å². The van der Waals surface area contributed by atoms with E-state index in [4.69, 9.17) is 6.42 Å². The fourth-order valence-corrected chi connectivity index (χ4v) is 3.89. The molecule has 1 N–H and O–H groups in total. The molecule has 0 bridgehead atoms. The van der Waals surface area contributed by atoms with E-state index in [1.807, 2.05) is 55.4 Å². The Kier molecular flexibility index (Phi) is 32.0. The minimum atomic E-state index is -0.323. The van der Waals surface area contributed by atoms with E-state index in [9.17, 15) is 4.39 Å². The largest absolute Gasteiger partial charge is 0.386 e. The lowest BCUT2D eigenvalue weighted by Crippen LogP contribution is -2.31. The summed E-state index contributed by atoms with van der Waals surface area (Å²) < 4.78 is 13.2. The number of benzene rings is 2. The SMILES string of the molecule is C#CC(/C=C(/F)C(=C)CC)=C(C)C.C=C(C)N[C@@H](C)C(C)Cc1ccccc1.CC.CC.CC(C)(C)C.Cc1ccc(C(C)C)c(C)c1. The van der Waals surface area contributed by atoms with E-state index in [0.29, 0.717) is 40.9 Å². The number of rotatable bonds is 9. The molecule has 0 saturated carbocycles. The number of nitrogens with one attached hydrogen (secondary N) is 1. The summed E-state index contributed by atoms with van der Waals surface area (Å²) >= 11 is 0. The Labute approximate surface area is 300 Å². The quantitative estimate of drug-likeness (QED) is 0.208. The molecule has 48 heavy (non-hydrogen) atoms. The van der Waals surface area contributed by atoms with Crippen molar-refractivity contribution in [1.82, 2.24) is 5.32 Å². The Morgan fingerprint density at radius 3 is 1.73 bits per heavy atom. The Bertz CT molecular complexity index is 1220. The van der Waals surface area contributed by atoms with Gasteiger partial charge in [0.25, 0.3) is 0 Å². The summed E-state index contributed by atoms with van der Waals surface area (Å²) in [5.74, 6) is 3.37. The summed E-state index contributed by atoms with van der Waals surface area (Å²) in [5.41, 5.74) is 9.19. The molecule has 0 radical (unpaired) electrons. The van der Waals surface area contributed by atoms with Crippen LogP contribution in [0.5, 0.6) is 0 Å². The van der Waals surface area contributed by atoms with Crippen LogP contribution in [-0.4, -0.2) is 6.04 Å². The Hall–Kier alpha value is -3.31. The van der Waals surface area contributed by atoms with Gasteiger partial charge in [-0.2, -0.15) is 0 Å². The molecule has 2 aromatic carbocycles. The first-order valence-electron chi connectivity index (χ1n) is 18.0. The normalized spacial score (nSPS) is 11.3. The Morgan fingerprint density at radius 2 is 1.38 bits per heavy atom. The predicted octanol–water partition coefficient (Wildman–Crippen LogP) is 14.7. The summed E-state index contributed by atoms with van der Waals surface area (Å²) in [6.07, 6.45) is 8.29. The predicted molar refractivity (Wildman–Crippen MR) is 220 cm³/mol.